The molecule has 1 aromatic rings. The molecule has 1 rings (SSSR count). The number of carbonyl (C=O) groups is 1. The van der Waals surface area contributed by atoms with E-state index in [1.807, 2.05) is 0 Å². The van der Waals surface area contributed by atoms with E-state index in [-0.39, 0.29) is 10.8 Å². The van der Waals surface area contributed by atoms with Gasteiger partial charge < -0.3 is 4.90 Å². The summed E-state index contributed by atoms with van der Waals surface area (Å²) in [6.07, 6.45) is 0. The Bertz CT molecular complexity index is 384. The fraction of sp³-hybridized carbons (Fsp3) is 0.429. The topological polar surface area (TPSA) is 62.2 Å². The van der Waals surface area contributed by atoms with Crippen LogP contribution in [0.4, 0.5) is 16.4 Å². The first kappa shape index (κ1) is 11.9. The number of amides is 1. The molecule has 0 saturated carbocycles. The lowest BCUT2D eigenvalue weighted by molar-refractivity contribution is 0.265. The van der Waals surface area contributed by atoms with Gasteiger partial charge in [0.1, 0.15) is 5.02 Å². The van der Waals surface area contributed by atoms with Crippen molar-refractivity contribution in [3.63, 3.8) is 0 Å². The van der Waals surface area contributed by atoms with Crippen LogP contribution in [0, 0.1) is 0 Å². The van der Waals surface area contributed by atoms with Crippen LogP contribution >= 0.6 is 23.2 Å². The molecule has 0 saturated heterocycles. The third-order valence-corrected chi connectivity index (χ3v) is 2.27. The Morgan fingerprint density at radius 1 is 1.20 bits per heavy atom. The highest BCUT2D eigenvalue weighted by Gasteiger charge is 2.18. The van der Waals surface area contributed by atoms with E-state index in [1.54, 1.807) is 19.0 Å². The summed E-state index contributed by atoms with van der Waals surface area (Å²) in [6.45, 7) is 0. The monoisotopic (exact) mass is 249 g/mol. The maximum Gasteiger partial charge on any atom is 0.321 e. The maximum absolute atomic E-state index is 10.9. The highest BCUT2D eigenvalue weighted by molar-refractivity contribution is 6.66. The number of nitrogens with zero attached hydrogens (tertiary/aromatic N) is 5. The first-order valence-corrected chi connectivity index (χ1v) is 4.70. The molecule has 0 aliphatic rings. The Labute approximate surface area is 96.8 Å². The molecule has 8 heteroatoms. The number of rotatable bonds is 2. The molecule has 1 aromatic heterocycles. The standard InChI is InChI=1S/C7H9Cl2N5O/c1-13(2)5-4(8)6(11-12-10-5)14(3)7(9)15/h1-3H3. The highest BCUT2D eigenvalue weighted by Crippen LogP contribution is 2.29. The van der Waals surface area contributed by atoms with Crippen molar-refractivity contribution >= 4 is 40.2 Å². The Balaban J connectivity index is 3.21. The molecule has 0 aromatic carbocycles. The fourth-order valence-corrected chi connectivity index (χ4v) is 1.33. The van der Waals surface area contributed by atoms with E-state index in [2.05, 4.69) is 15.4 Å². The summed E-state index contributed by atoms with van der Waals surface area (Å²) in [6, 6.07) is 0. The zero-order valence-electron chi connectivity index (χ0n) is 8.40. The van der Waals surface area contributed by atoms with E-state index in [4.69, 9.17) is 23.2 Å². The van der Waals surface area contributed by atoms with Gasteiger partial charge in [0.25, 0.3) is 0 Å². The highest BCUT2D eigenvalue weighted by atomic mass is 35.5. The van der Waals surface area contributed by atoms with Crippen molar-refractivity contribution in [1.82, 2.24) is 15.4 Å². The van der Waals surface area contributed by atoms with Crippen LogP contribution in [0.25, 0.3) is 0 Å². The van der Waals surface area contributed by atoms with E-state index < -0.39 is 5.37 Å². The van der Waals surface area contributed by atoms with Gasteiger partial charge in [-0.05, 0) is 16.8 Å². The van der Waals surface area contributed by atoms with Gasteiger partial charge in [-0.3, -0.25) is 9.69 Å². The zero-order chi connectivity index (χ0) is 11.6. The minimum absolute atomic E-state index is 0.176. The second-order valence-corrected chi connectivity index (χ2v) is 3.66. The molecule has 1 amide bonds. The lowest BCUT2D eigenvalue weighted by atomic mass is 10.5. The summed E-state index contributed by atoms with van der Waals surface area (Å²) in [5, 5.41) is 10.4. The Hall–Kier alpha value is -1.14. The predicted molar refractivity (Wildman–Crippen MR) is 58.8 cm³/mol. The third kappa shape index (κ3) is 2.45. The predicted octanol–water partition coefficient (Wildman–Crippen LogP) is 1.39. The van der Waals surface area contributed by atoms with Gasteiger partial charge >= 0.3 is 5.37 Å². The fourth-order valence-electron chi connectivity index (χ4n) is 0.878. The summed E-state index contributed by atoms with van der Waals surface area (Å²) in [5.41, 5.74) is 0. The van der Waals surface area contributed by atoms with E-state index in [9.17, 15) is 4.79 Å². The SMILES string of the molecule is CN(C)c1nnnc(N(C)C(=O)Cl)c1Cl. The number of anilines is 2. The second-order valence-electron chi connectivity index (χ2n) is 2.96. The lowest BCUT2D eigenvalue weighted by Gasteiger charge is -2.17. The van der Waals surface area contributed by atoms with Crippen LogP contribution in [0.5, 0.6) is 0 Å². The molecule has 15 heavy (non-hydrogen) atoms. The number of aromatic nitrogens is 3. The molecular weight excluding hydrogens is 241 g/mol. The largest absolute Gasteiger partial charge is 0.360 e. The van der Waals surface area contributed by atoms with Crippen molar-refractivity contribution in [3.8, 4) is 0 Å². The Morgan fingerprint density at radius 2 is 1.73 bits per heavy atom. The maximum atomic E-state index is 10.9. The van der Waals surface area contributed by atoms with Crippen molar-refractivity contribution < 1.29 is 4.79 Å². The Morgan fingerprint density at radius 3 is 2.20 bits per heavy atom. The molecule has 0 unspecified atom stereocenters. The molecule has 82 valence electrons. The summed E-state index contributed by atoms with van der Waals surface area (Å²) in [4.78, 5) is 13.7. The van der Waals surface area contributed by atoms with Crippen molar-refractivity contribution in [2.75, 3.05) is 30.9 Å². The second kappa shape index (κ2) is 4.59. The molecular formula is C7H9Cl2N5O. The van der Waals surface area contributed by atoms with Gasteiger partial charge in [-0.15, -0.1) is 10.2 Å². The van der Waals surface area contributed by atoms with E-state index in [0.717, 1.165) is 4.90 Å². The normalized spacial score (nSPS) is 9.93. The zero-order valence-corrected chi connectivity index (χ0v) is 9.91. The van der Waals surface area contributed by atoms with Crippen LogP contribution in [-0.4, -0.2) is 41.9 Å². The van der Waals surface area contributed by atoms with Gasteiger partial charge in [0.2, 0.25) is 0 Å². The average molecular weight is 250 g/mol. The van der Waals surface area contributed by atoms with Gasteiger partial charge in [-0.25, -0.2) is 0 Å². The van der Waals surface area contributed by atoms with Gasteiger partial charge in [0.15, 0.2) is 11.6 Å². The van der Waals surface area contributed by atoms with Crippen LogP contribution in [0.15, 0.2) is 0 Å². The molecule has 0 atom stereocenters. The molecule has 0 radical (unpaired) electrons. The third-order valence-electron chi connectivity index (χ3n) is 1.68. The minimum atomic E-state index is -0.692. The first-order valence-electron chi connectivity index (χ1n) is 3.94. The molecule has 0 aliphatic carbocycles. The van der Waals surface area contributed by atoms with Crippen molar-refractivity contribution in [2.24, 2.45) is 0 Å². The molecule has 0 bridgehead atoms. The summed E-state index contributed by atoms with van der Waals surface area (Å²) in [5.74, 6) is 0.599. The van der Waals surface area contributed by atoms with Crippen molar-refractivity contribution in [3.05, 3.63) is 5.02 Å². The number of halogens is 2. The van der Waals surface area contributed by atoms with Crippen molar-refractivity contribution in [1.29, 1.82) is 0 Å². The Kier molecular flexibility index (Phi) is 3.65. The van der Waals surface area contributed by atoms with Crippen molar-refractivity contribution in [2.45, 2.75) is 0 Å². The van der Waals surface area contributed by atoms with Crippen LogP contribution < -0.4 is 9.80 Å². The molecule has 0 aliphatic heterocycles. The number of hydrogen-bond donors (Lipinski definition) is 0. The van der Waals surface area contributed by atoms with Gasteiger partial charge in [-0.1, -0.05) is 11.6 Å². The first-order chi connectivity index (χ1) is 6.95. The quantitative estimate of drug-likeness (QED) is 0.586. The van der Waals surface area contributed by atoms with Gasteiger partial charge in [-0.2, -0.15) is 0 Å². The average Bonchev–Trinajstić information content (AvgIpc) is 2.16. The molecule has 0 spiro atoms. The van der Waals surface area contributed by atoms with E-state index >= 15 is 0 Å². The smallest absolute Gasteiger partial charge is 0.321 e. The van der Waals surface area contributed by atoms with E-state index in [0.29, 0.717) is 5.82 Å². The van der Waals surface area contributed by atoms with Crippen LogP contribution in [-0.2, 0) is 0 Å². The molecule has 6 nitrogen and oxygen atoms in total. The number of carbonyl (C=O) groups excluding carboxylic acids is 1. The number of hydrogen-bond acceptors (Lipinski definition) is 5. The molecule has 0 N–H and O–H groups in total. The van der Waals surface area contributed by atoms with Gasteiger partial charge in [0, 0.05) is 21.1 Å². The van der Waals surface area contributed by atoms with Crippen LogP contribution in [0.1, 0.15) is 0 Å². The molecule has 1 heterocycles. The van der Waals surface area contributed by atoms with Crippen LogP contribution in [0.3, 0.4) is 0 Å². The summed E-state index contributed by atoms with van der Waals surface area (Å²) >= 11 is 11.3. The van der Waals surface area contributed by atoms with E-state index in [1.165, 1.54) is 7.05 Å². The minimum Gasteiger partial charge on any atom is -0.360 e. The van der Waals surface area contributed by atoms with Crippen LogP contribution in [0.2, 0.25) is 5.02 Å². The summed E-state index contributed by atoms with van der Waals surface area (Å²) in [7, 11) is 4.95. The lowest BCUT2D eigenvalue weighted by Crippen LogP contribution is -2.23. The van der Waals surface area contributed by atoms with Gasteiger partial charge in [0.05, 0.1) is 0 Å². The summed E-state index contributed by atoms with van der Waals surface area (Å²) < 4.78 is 0. The molecule has 0 fully saturated rings.